The van der Waals surface area contributed by atoms with Gasteiger partial charge in [0, 0.05) is 5.56 Å². The van der Waals surface area contributed by atoms with Crippen LogP contribution in [0.3, 0.4) is 0 Å². The monoisotopic (exact) mass is 147 g/mol. The Morgan fingerprint density at radius 3 is 2.64 bits per heavy atom. The summed E-state index contributed by atoms with van der Waals surface area (Å²) in [5.41, 5.74) is 1.11. The molecule has 0 aliphatic heterocycles. The number of benzene rings is 1. The summed E-state index contributed by atoms with van der Waals surface area (Å²) >= 11 is 0. The highest BCUT2D eigenvalue weighted by Gasteiger charge is 2.00. The molecule has 0 nitrogen and oxygen atoms in total. The third-order valence-corrected chi connectivity index (χ3v) is 1.45. The van der Waals surface area contributed by atoms with Gasteiger partial charge in [0.15, 0.2) is 0 Å². The van der Waals surface area contributed by atoms with Crippen LogP contribution in [-0.2, 0) is 0 Å². The fraction of sp³-hybridized carbons (Fsp3) is 0. The topological polar surface area (TPSA) is 0 Å². The van der Waals surface area contributed by atoms with E-state index in [0.717, 1.165) is 0 Å². The molecule has 0 aliphatic rings. The van der Waals surface area contributed by atoms with E-state index in [9.17, 15) is 4.39 Å². The Bertz CT molecular complexity index is 287. The molecule has 0 N–H and O–H groups in total. The van der Waals surface area contributed by atoms with Crippen molar-refractivity contribution in [3.63, 3.8) is 0 Å². The molecule has 1 aromatic carbocycles. The zero-order chi connectivity index (χ0) is 8.27. The van der Waals surface area contributed by atoms with Gasteiger partial charge in [-0.2, -0.15) is 0 Å². The smallest absolute Gasteiger partial charge is 0.131 e. The molecule has 0 aromatic heterocycles. The highest BCUT2D eigenvalue weighted by Crippen LogP contribution is 2.13. The molecule has 0 atom stereocenters. The molecule has 0 saturated heterocycles. The fourth-order valence-corrected chi connectivity index (χ4v) is 0.899. The molecule has 0 unspecified atom stereocenters. The first-order valence-electron chi connectivity index (χ1n) is 3.23. The minimum absolute atomic E-state index is 0.284. The third-order valence-electron chi connectivity index (χ3n) is 1.45. The quantitative estimate of drug-likeness (QED) is 0.603. The van der Waals surface area contributed by atoms with E-state index in [0.29, 0.717) is 11.1 Å². The van der Waals surface area contributed by atoms with Crippen LogP contribution in [-0.4, -0.2) is 0 Å². The summed E-state index contributed by atoms with van der Waals surface area (Å²) in [5, 5.41) is 0. The average Bonchev–Trinajstić information content (AvgIpc) is 2.04. The number of rotatable bonds is 2. The maximum atomic E-state index is 12.9. The summed E-state index contributed by atoms with van der Waals surface area (Å²) in [6, 6.07) is 4.75. The van der Waals surface area contributed by atoms with Crippen LogP contribution in [0.2, 0.25) is 0 Å². The Kier molecular flexibility index (Phi) is 2.21. The number of halogens is 1. The predicted octanol–water partition coefficient (Wildman–Crippen LogP) is 2.81. The summed E-state index contributed by atoms with van der Waals surface area (Å²) in [5.74, 6) is -0.284. The molecule has 1 radical (unpaired) electrons. The summed E-state index contributed by atoms with van der Waals surface area (Å²) in [6.45, 7) is 6.93. The van der Waals surface area contributed by atoms with Gasteiger partial charge in [-0.15, -0.1) is 0 Å². The second-order valence-corrected chi connectivity index (χ2v) is 2.08. The Hall–Kier alpha value is -1.37. The van der Waals surface area contributed by atoms with Gasteiger partial charge in [-0.25, -0.2) is 4.39 Å². The summed E-state index contributed by atoms with van der Waals surface area (Å²) in [4.78, 5) is 0. The second-order valence-electron chi connectivity index (χ2n) is 2.08. The molecule has 0 bridgehead atoms. The van der Waals surface area contributed by atoms with Crippen molar-refractivity contribution in [3.8, 4) is 0 Å². The van der Waals surface area contributed by atoms with Gasteiger partial charge in [-0.05, 0) is 17.7 Å². The van der Waals surface area contributed by atoms with E-state index in [1.165, 1.54) is 12.1 Å². The molecule has 0 heterocycles. The van der Waals surface area contributed by atoms with Crippen molar-refractivity contribution in [2.45, 2.75) is 0 Å². The lowest BCUT2D eigenvalue weighted by Crippen LogP contribution is -1.85. The Morgan fingerprint density at radius 1 is 1.45 bits per heavy atom. The van der Waals surface area contributed by atoms with Crippen molar-refractivity contribution in [2.24, 2.45) is 0 Å². The molecule has 0 spiro atoms. The fourth-order valence-electron chi connectivity index (χ4n) is 0.899. The van der Waals surface area contributed by atoms with E-state index in [2.05, 4.69) is 19.2 Å². The van der Waals surface area contributed by atoms with Crippen molar-refractivity contribution in [3.05, 3.63) is 54.4 Å². The molecule has 11 heavy (non-hydrogen) atoms. The van der Waals surface area contributed by atoms with Gasteiger partial charge in [-0.1, -0.05) is 31.4 Å². The predicted molar refractivity (Wildman–Crippen MR) is 44.5 cm³/mol. The standard InChI is InChI=1S/C10H8F/c1-3-8-6-5-7-10(11)9(8)4-2/h4-7H,1-2H2. The van der Waals surface area contributed by atoms with Crippen LogP contribution in [0.4, 0.5) is 4.39 Å². The van der Waals surface area contributed by atoms with Crippen molar-refractivity contribution in [2.75, 3.05) is 0 Å². The van der Waals surface area contributed by atoms with Gasteiger partial charge < -0.3 is 0 Å². The van der Waals surface area contributed by atoms with Crippen LogP contribution < -0.4 is 0 Å². The normalized spacial score (nSPS) is 9.18. The molecule has 1 aromatic rings. The average molecular weight is 147 g/mol. The molecule has 0 fully saturated rings. The maximum Gasteiger partial charge on any atom is 0.131 e. The first-order chi connectivity index (χ1) is 5.29. The van der Waals surface area contributed by atoms with Crippen molar-refractivity contribution in [1.82, 2.24) is 0 Å². The lowest BCUT2D eigenvalue weighted by atomic mass is 10.1. The maximum absolute atomic E-state index is 12.9. The summed E-state index contributed by atoms with van der Waals surface area (Å²) in [6.07, 6.45) is 4.09. The highest BCUT2D eigenvalue weighted by atomic mass is 19.1. The minimum Gasteiger partial charge on any atom is -0.206 e. The SMILES string of the molecule is C=[C]c1cccc(F)c1C=C. The molecule has 0 saturated carbocycles. The van der Waals surface area contributed by atoms with E-state index < -0.39 is 0 Å². The van der Waals surface area contributed by atoms with Gasteiger partial charge in [0.05, 0.1) is 0 Å². The zero-order valence-corrected chi connectivity index (χ0v) is 6.10. The zero-order valence-electron chi connectivity index (χ0n) is 6.10. The van der Waals surface area contributed by atoms with Crippen LogP contribution in [0.15, 0.2) is 31.4 Å². The summed E-state index contributed by atoms with van der Waals surface area (Å²) < 4.78 is 12.9. The van der Waals surface area contributed by atoms with Gasteiger partial charge in [0.2, 0.25) is 0 Å². The van der Waals surface area contributed by atoms with Crippen LogP contribution in [0, 0.1) is 11.9 Å². The van der Waals surface area contributed by atoms with Gasteiger partial charge in [-0.3, -0.25) is 0 Å². The Labute approximate surface area is 65.7 Å². The highest BCUT2D eigenvalue weighted by molar-refractivity contribution is 5.54. The Balaban J connectivity index is 3.35. The van der Waals surface area contributed by atoms with E-state index >= 15 is 0 Å². The molecule has 0 amide bonds. The van der Waals surface area contributed by atoms with Gasteiger partial charge in [0.25, 0.3) is 0 Å². The second kappa shape index (κ2) is 3.15. The third kappa shape index (κ3) is 1.37. The number of hydrogen-bond donors (Lipinski definition) is 0. The van der Waals surface area contributed by atoms with Crippen LogP contribution in [0.25, 0.3) is 6.08 Å². The van der Waals surface area contributed by atoms with Crippen molar-refractivity contribution in [1.29, 1.82) is 0 Å². The minimum atomic E-state index is -0.284. The van der Waals surface area contributed by atoms with Crippen LogP contribution >= 0.6 is 0 Å². The van der Waals surface area contributed by atoms with E-state index in [4.69, 9.17) is 0 Å². The van der Waals surface area contributed by atoms with E-state index in [1.54, 1.807) is 12.1 Å². The molecule has 55 valence electrons. The molecule has 1 rings (SSSR count). The van der Waals surface area contributed by atoms with E-state index in [1.807, 2.05) is 0 Å². The number of hydrogen-bond acceptors (Lipinski definition) is 0. The van der Waals surface area contributed by atoms with Crippen LogP contribution in [0.5, 0.6) is 0 Å². The first-order valence-corrected chi connectivity index (χ1v) is 3.23. The van der Waals surface area contributed by atoms with Gasteiger partial charge >= 0.3 is 0 Å². The lowest BCUT2D eigenvalue weighted by Gasteiger charge is -1.99. The first kappa shape index (κ1) is 7.73. The lowest BCUT2D eigenvalue weighted by molar-refractivity contribution is 0.624. The summed E-state index contributed by atoms with van der Waals surface area (Å²) in [7, 11) is 0. The van der Waals surface area contributed by atoms with Crippen molar-refractivity contribution >= 4 is 6.08 Å². The van der Waals surface area contributed by atoms with Gasteiger partial charge in [0.1, 0.15) is 5.82 Å². The largest absolute Gasteiger partial charge is 0.206 e. The molecule has 0 aliphatic carbocycles. The van der Waals surface area contributed by atoms with Crippen LogP contribution in [0.1, 0.15) is 11.1 Å². The van der Waals surface area contributed by atoms with Crippen molar-refractivity contribution < 1.29 is 4.39 Å². The molecular weight excluding hydrogens is 139 g/mol. The molecular formula is C10H8F. The Morgan fingerprint density at radius 2 is 2.18 bits per heavy atom. The van der Waals surface area contributed by atoms with E-state index in [-0.39, 0.29) is 5.82 Å². The molecule has 1 heteroatoms.